The number of nitrogens with one attached hydrogen (secondary N) is 2. The van der Waals surface area contributed by atoms with E-state index in [0.717, 1.165) is 5.69 Å². The van der Waals surface area contributed by atoms with E-state index in [-0.39, 0.29) is 22.8 Å². The molecule has 2 amide bonds. The predicted octanol–water partition coefficient (Wildman–Crippen LogP) is 6.31. The Morgan fingerprint density at radius 1 is 1.19 bits per heavy atom. The Morgan fingerprint density at radius 2 is 2.03 bits per heavy atom. The summed E-state index contributed by atoms with van der Waals surface area (Å²) in [5.74, 6) is 0.897. The van der Waals surface area contributed by atoms with Crippen molar-refractivity contribution in [2.45, 2.75) is 18.9 Å². The van der Waals surface area contributed by atoms with E-state index in [1.807, 2.05) is 16.8 Å². The molecule has 11 heteroatoms. The van der Waals surface area contributed by atoms with E-state index in [2.05, 4.69) is 20.6 Å². The van der Waals surface area contributed by atoms with Crippen molar-refractivity contribution in [2.24, 2.45) is 0 Å². The SMILES string of the molecule is COc1cc2ncnc(Nc3cccc(Cl)c3F)c2cc1OC1CCN(C(=O)Nc2ccsc2)CC1. The third-order valence-corrected chi connectivity index (χ3v) is 6.90. The van der Waals surface area contributed by atoms with Gasteiger partial charge in [0.2, 0.25) is 0 Å². The Morgan fingerprint density at radius 3 is 2.78 bits per heavy atom. The van der Waals surface area contributed by atoms with Crippen molar-refractivity contribution in [1.82, 2.24) is 14.9 Å². The molecule has 2 aromatic heterocycles. The molecule has 0 atom stereocenters. The number of ether oxygens (including phenoxy) is 2. The molecule has 186 valence electrons. The molecule has 0 radical (unpaired) electrons. The molecule has 4 aromatic rings. The number of halogens is 2. The summed E-state index contributed by atoms with van der Waals surface area (Å²) in [6, 6.07) is 10.0. The van der Waals surface area contributed by atoms with Gasteiger partial charge in [0, 0.05) is 42.8 Å². The summed E-state index contributed by atoms with van der Waals surface area (Å²) < 4.78 is 26.3. The smallest absolute Gasteiger partial charge is 0.321 e. The van der Waals surface area contributed by atoms with Crippen molar-refractivity contribution < 1.29 is 18.7 Å². The fourth-order valence-electron chi connectivity index (χ4n) is 4.04. The first-order chi connectivity index (χ1) is 17.5. The van der Waals surface area contributed by atoms with Crippen LogP contribution in [0.25, 0.3) is 10.9 Å². The largest absolute Gasteiger partial charge is 0.493 e. The lowest BCUT2D eigenvalue weighted by molar-refractivity contribution is 0.113. The Hall–Kier alpha value is -3.63. The minimum Gasteiger partial charge on any atom is -0.493 e. The highest BCUT2D eigenvalue weighted by atomic mass is 35.5. The van der Waals surface area contributed by atoms with Gasteiger partial charge in [-0.1, -0.05) is 17.7 Å². The lowest BCUT2D eigenvalue weighted by Gasteiger charge is -2.32. The van der Waals surface area contributed by atoms with Gasteiger partial charge >= 0.3 is 6.03 Å². The Bertz CT molecular complexity index is 1380. The number of benzene rings is 2. The molecule has 8 nitrogen and oxygen atoms in total. The van der Waals surface area contributed by atoms with Crippen molar-refractivity contribution in [3.05, 3.63) is 64.3 Å². The zero-order valence-electron chi connectivity index (χ0n) is 19.3. The number of fused-ring (bicyclic) bond motifs is 1. The van der Waals surface area contributed by atoms with Crippen LogP contribution in [-0.4, -0.2) is 47.2 Å². The van der Waals surface area contributed by atoms with E-state index in [1.165, 1.54) is 23.7 Å². The number of urea groups is 1. The van der Waals surface area contributed by atoms with Gasteiger partial charge in [-0.2, -0.15) is 11.3 Å². The standard InChI is InChI=1S/C25H23ClFN5O3S/c1-34-21-12-20-17(24(29-14-28-20)31-19-4-2-3-18(26)23(19)27)11-22(21)35-16-5-8-32(9-6-16)25(33)30-15-7-10-36-13-15/h2-4,7,10-14,16H,5-6,8-9H2,1H3,(H,30,33)(H,28,29,31). The molecule has 2 N–H and O–H groups in total. The van der Waals surface area contributed by atoms with E-state index in [9.17, 15) is 9.18 Å². The number of anilines is 3. The van der Waals surface area contributed by atoms with Gasteiger partial charge in [0.25, 0.3) is 0 Å². The van der Waals surface area contributed by atoms with Crippen LogP contribution in [0.15, 0.2) is 53.5 Å². The zero-order chi connectivity index (χ0) is 25.1. The summed E-state index contributed by atoms with van der Waals surface area (Å²) in [4.78, 5) is 22.9. The number of methoxy groups -OCH3 is 1. The molecule has 36 heavy (non-hydrogen) atoms. The average Bonchev–Trinajstić information content (AvgIpc) is 3.40. The fraction of sp³-hybridized carbons (Fsp3) is 0.240. The maximum absolute atomic E-state index is 14.5. The quantitative estimate of drug-likeness (QED) is 0.305. The summed E-state index contributed by atoms with van der Waals surface area (Å²) >= 11 is 7.46. The van der Waals surface area contributed by atoms with Crippen LogP contribution in [0, 0.1) is 5.82 Å². The zero-order valence-corrected chi connectivity index (χ0v) is 20.9. The molecule has 1 aliphatic rings. The van der Waals surface area contributed by atoms with Crippen LogP contribution in [0.2, 0.25) is 5.02 Å². The van der Waals surface area contributed by atoms with Crippen LogP contribution < -0.4 is 20.1 Å². The number of hydrogen-bond acceptors (Lipinski definition) is 7. The van der Waals surface area contributed by atoms with Crippen LogP contribution in [0.3, 0.4) is 0 Å². The van der Waals surface area contributed by atoms with Gasteiger partial charge in [-0.25, -0.2) is 19.2 Å². The van der Waals surface area contributed by atoms with Crippen molar-refractivity contribution in [1.29, 1.82) is 0 Å². The van der Waals surface area contributed by atoms with Gasteiger partial charge in [-0.05, 0) is 29.6 Å². The molecule has 3 heterocycles. The molecule has 0 saturated carbocycles. The number of piperidine rings is 1. The van der Waals surface area contributed by atoms with Crippen LogP contribution in [0.4, 0.5) is 26.4 Å². The number of likely N-dealkylation sites (tertiary alicyclic amines) is 1. The average molecular weight is 528 g/mol. The predicted molar refractivity (Wildman–Crippen MR) is 139 cm³/mol. The first-order valence-corrected chi connectivity index (χ1v) is 12.6. The second-order valence-electron chi connectivity index (χ2n) is 8.22. The van der Waals surface area contributed by atoms with Gasteiger partial charge in [0.15, 0.2) is 17.3 Å². The lowest BCUT2D eigenvalue weighted by atomic mass is 10.1. The molecular weight excluding hydrogens is 505 g/mol. The molecular formula is C25H23ClFN5O3S. The molecule has 0 spiro atoms. The minimum atomic E-state index is -0.564. The van der Waals surface area contributed by atoms with E-state index in [1.54, 1.807) is 36.3 Å². The van der Waals surface area contributed by atoms with E-state index in [4.69, 9.17) is 21.1 Å². The fourth-order valence-corrected chi connectivity index (χ4v) is 4.80. The van der Waals surface area contributed by atoms with E-state index >= 15 is 0 Å². The van der Waals surface area contributed by atoms with Gasteiger partial charge in [-0.15, -0.1) is 0 Å². The highest BCUT2D eigenvalue weighted by Gasteiger charge is 2.25. The Balaban J connectivity index is 1.33. The maximum Gasteiger partial charge on any atom is 0.321 e. The number of hydrogen-bond donors (Lipinski definition) is 2. The summed E-state index contributed by atoms with van der Waals surface area (Å²) in [6.45, 7) is 1.14. The second-order valence-corrected chi connectivity index (χ2v) is 9.40. The molecule has 1 aliphatic heterocycles. The minimum absolute atomic E-state index is 0.0133. The molecule has 5 rings (SSSR count). The van der Waals surface area contributed by atoms with Gasteiger partial charge in [0.05, 0.1) is 29.0 Å². The number of carbonyl (C=O) groups excluding carboxylic acids is 1. The third kappa shape index (κ3) is 5.14. The first-order valence-electron chi connectivity index (χ1n) is 11.3. The number of rotatable bonds is 6. The monoisotopic (exact) mass is 527 g/mol. The Labute approximate surface area is 216 Å². The molecule has 1 saturated heterocycles. The van der Waals surface area contributed by atoms with Gasteiger partial charge < -0.3 is 25.0 Å². The third-order valence-electron chi connectivity index (χ3n) is 5.92. The van der Waals surface area contributed by atoms with Crippen molar-refractivity contribution >= 4 is 57.1 Å². The van der Waals surface area contributed by atoms with E-state index in [0.29, 0.717) is 54.2 Å². The van der Waals surface area contributed by atoms with Gasteiger partial charge in [0.1, 0.15) is 18.2 Å². The summed E-state index contributed by atoms with van der Waals surface area (Å²) in [6.07, 6.45) is 2.63. The van der Waals surface area contributed by atoms with Crippen LogP contribution in [-0.2, 0) is 0 Å². The maximum atomic E-state index is 14.5. The molecule has 2 aromatic carbocycles. The topological polar surface area (TPSA) is 88.6 Å². The molecule has 0 unspecified atom stereocenters. The van der Waals surface area contributed by atoms with E-state index < -0.39 is 5.82 Å². The van der Waals surface area contributed by atoms with Crippen LogP contribution in [0.1, 0.15) is 12.8 Å². The lowest BCUT2D eigenvalue weighted by Crippen LogP contribution is -2.43. The number of amides is 2. The van der Waals surface area contributed by atoms with Crippen molar-refractivity contribution in [3.63, 3.8) is 0 Å². The molecule has 1 fully saturated rings. The first kappa shape index (κ1) is 24.1. The van der Waals surface area contributed by atoms with Gasteiger partial charge in [-0.3, -0.25) is 0 Å². The number of thiophene rings is 1. The number of nitrogens with zero attached hydrogens (tertiary/aromatic N) is 3. The number of carbonyl (C=O) groups is 1. The van der Waals surface area contributed by atoms with Crippen molar-refractivity contribution in [3.8, 4) is 11.5 Å². The highest BCUT2D eigenvalue weighted by Crippen LogP contribution is 2.37. The summed E-state index contributed by atoms with van der Waals surface area (Å²) in [7, 11) is 1.56. The van der Waals surface area contributed by atoms with Crippen LogP contribution >= 0.6 is 22.9 Å². The Kier molecular flexibility index (Phi) is 7.06. The summed E-state index contributed by atoms with van der Waals surface area (Å²) in [5, 5.41) is 10.4. The van der Waals surface area contributed by atoms with Crippen molar-refractivity contribution in [2.75, 3.05) is 30.8 Å². The van der Waals surface area contributed by atoms with Crippen LogP contribution in [0.5, 0.6) is 11.5 Å². The number of aromatic nitrogens is 2. The molecule has 0 bridgehead atoms. The molecule has 0 aliphatic carbocycles. The second kappa shape index (κ2) is 10.5. The summed E-state index contributed by atoms with van der Waals surface area (Å²) in [5.41, 5.74) is 1.61. The normalized spacial score (nSPS) is 14.0. The highest BCUT2D eigenvalue weighted by molar-refractivity contribution is 7.08.